The molecule has 1 amide bonds. The number of H-pyrrole nitrogens is 1. The van der Waals surface area contributed by atoms with Gasteiger partial charge < -0.3 is 14.6 Å². The summed E-state index contributed by atoms with van der Waals surface area (Å²) in [6.07, 6.45) is -0.636. The molecule has 0 saturated heterocycles. The molecule has 0 aliphatic rings. The lowest BCUT2D eigenvalue weighted by atomic mass is 10.1. The van der Waals surface area contributed by atoms with Gasteiger partial charge in [0.2, 0.25) is 0 Å². The van der Waals surface area contributed by atoms with Gasteiger partial charge in [0.25, 0.3) is 5.91 Å². The fourth-order valence-corrected chi connectivity index (χ4v) is 1.97. The predicted octanol–water partition coefficient (Wildman–Crippen LogP) is 1.48. The largest absolute Gasteiger partial charge is 0.367 e. The van der Waals surface area contributed by atoms with Gasteiger partial charge >= 0.3 is 0 Å². The Balaban J connectivity index is 2.04. The molecule has 20 heavy (non-hydrogen) atoms. The summed E-state index contributed by atoms with van der Waals surface area (Å²) in [5.74, 6) is 0.443. The van der Waals surface area contributed by atoms with Crippen molar-refractivity contribution in [2.45, 2.75) is 12.6 Å². The maximum absolute atomic E-state index is 12.2. The van der Waals surface area contributed by atoms with Crippen molar-refractivity contribution in [2.75, 3.05) is 7.11 Å². The monoisotopic (exact) mass is 292 g/mol. The average molecular weight is 292 g/mol. The van der Waals surface area contributed by atoms with Crippen LogP contribution in [0.25, 0.3) is 0 Å². The van der Waals surface area contributed by atoms with Gasteiger partial charge in [-0.15, -0.1) is 0 Å². The van der Waals surface area contributed by atoms with Crippen molar-refractivity contribution in [2.24, 2.45) is 7.05 Å². The minimum absolute atomic E-state index is 0.215. The van der Waals surface area contributed by atoms with Gasteiger partial charge in [0, 0.05) is 14.2 Å². The number of methoxy groups -OCH3 is 1. The van der Waals surface area contributed by atoms with Crippen LogP contribution in [0.1, 0.15) is 17.5 Å². The van der Waals surface area contributed by atoms with E-state index in [2.05, 4.69) is 15.5 Å². The average Bonchev–Trinajstić information content (AvgIpc) is 2.78. The maximum atomic E-state index is 12.2. The van der Waals surface area contributed by atoms with Gasteiger partial charge in [0.05, 0.1) is 6.54 Å². The molecule has 0 bridgehead atoms. The Bertz CT molecular complexity index is 635. The van der Waals surface area contributed by atoms with E-state index in [4.69, 9.17) is 17.0 Å². The Kier molecular flexibility index (Phi) is 4.65. The molecule has 106 valence electrons. The number of hydrogen-bond acceptors (Lipinski definition) is 4. The second-order valence-electron chi connectivity index (χ2n) is 4.25. The van der Waals surface area contributed by atoms with Crippen LogP contribution in [0.2, 0.25) is 0 Å². The number of nitrogens with zero attached hydrogens (tertiary/aromatic N) is 2. The molecule has 1 atom stereocenters. The molecule has 1 heterocycles. The molecule has 1 aromatic carbocycles. The van der Waals surface area contributed by atoms with E-state index in [1.54, 1.807) is 11.6 Å². The minimum Gasteiger partial charge on any atom is -0.367 e. The number of carbonyl (C=O) groups is 1. The van der Waals surface area contributed by atoms with E-state index >= 15 is 0 Å². The minimum atomic E-state index is -0.636. The normalized spacial score (nSPS) is 12.1. The summed E-state index contributed by atoms with van der Waals surface area (Å²) in [5, 5.41) is 9.49. The number of ether oxygens (including phenoxy) is 1. The van der Waals surface area contributed by atoms with E-state index in [0.29, 0.717) is 10.6 Å². The van der Waals surface area contributed by atoms with Crippen molar-refractivity contribution in [3.8, 4) is 0 Å². The van der Waals surface area contributed by atoms with Crippen molar-refractivity contribution >= 4 is 18.1 Å². The lowest BCUT2D eigenvalue weighted by Crippen LogP contribution is -2.30. The van der Waals surface area contributed by atoms with E-state index in [-0.39, 0.29) is 12.5 Å². The third-order valence-electron chi connectivity index (χ3n) is 2.97. The number of aromatic amines is 1. The summed E-state index contributed by atoms with van der Waals surface area (Å²) in [7, 11) is 3.30. The smallest absolute Gasteiger partial charge is 0.254 e. The number of rotatable bonds is 5. The van der Waals surface area contributed by atoms with Gasteiger partial charge in [-0.3, -0.25) is 9.89 Å². The fraction of sp³-hybridized carbons (Fsp3) is 0.308. The maximum Gasteiger partial charge on any atom is 0.254 e. The van der Waals surface area contributed by atoms with E-state index < -0.39 is 6.10 Å². The summed E-state index contributed by atoms with van der Waals surface area (Å²) in [6, 6.07) is 9.33. The highest BCUT2D eigenvalue weighted by molar-refractivity contribution is 7.71. The highest BCUT2D eigenvalue weighted by atomic mass is 32.1. The zero-order valence-corrected chi connectivity index (χ0v) is 12.1. The first-order valence-electron chi connectivity index (χ1n) is 6.09. The van der Waals surface area contributed by atoms with E-state index in [1.807, 2.05) is 30.3 Å². The number of nitrogens with one attached hydrogen (secondary N) is 2. The molecule has 6 nitrogen and oxygen atoms in total. The molecular formula is C13H16N4O2S. The topological polar surface area (TPSA) is 71.9 Å². The molecule has 2 N–H and O–H groups in total. The molecule has 0 aliphatic carbocycles. The molecule has 0 radical (unpaired) electrons. The van der Waals surface area contributed by atoms with Crippen molar-refractivity contribution in [1.29, 1.82) is 0 Å². The number of carbonyl (C=O) groups excluding carboxylic acids is 1. The molecule has 7 heteroatoms. The number of hydrogen-bond donors (Lipinski definition) is 2. The van der Waals surface area contributed by atoms with Crippen LogP contribution in [0.15, 0.2) is 30.3 Å². The number of aromatic nitrogens is 3. The van der Waals surface area contributed by atoms with Crippen molar-refractivity contribution in [3.63, 3.8) is 0 Å². The second-order valence-corrected chi connectivity index (χ2v) is 4.63. The van der Waals surface area contributed by atoms with Gasteiger partial charge in [0.15, 0.2) is 16.7 Å². The quantitative estimate of drug-likeness (QED) is 0.819. The highest BCUT2D eigenvalue weighted by Crippen LogP contribution is 2.16. The van der Waals surface area contributed by atoms with Gasteiger partial charge in [-0.2, -0.15) is 5.10 Å². The Labute approximate surface area is 121 Å². The first-order valence-corrected chi connectivity index (χ1v) is 6.50. The second kappa shape index (κ2) is 6.44. The first kappa shape index (κ1) is 14.4. The van der Waals surface area contributed by atoms with Gasteiger partial charge in [-0.05, 0) is 17.8 Å². The van der Waals surface area contributed by atoms with Gasteiger partial charge in [-0.1, -0.05) is 30.3 Å². The molecule has 0 unspecified atom stereocenters. The molecule has 2 aromatic rings. The van der Waals surface area contributed by atoms with Crippen LogP contribution in [0.3, 0.4) is 0 Å². The van der Waals surface area contributed by atoms with Crippen LogP contribution in [0.4, 0.5) is 0 Å². The summed E-state index contributed by atoms with van der Waals surface area (Å²) in [4.78, 5) is 12.2. The summed E-state index contributed by atoms with van der Waals surface area (Å²) >= 11 is 5.01. The Morgan fingerprint density at radius 1 is 1.50 bits per heavy atom. The van der Waals surface area contributed by atoms with Crippen molar-refractivity contribution in [3.05, 3.63) is 46.5 Å². The van der Waals surface area contributed by atoms with Crippen LogP contribution in [-0.4, -0.2) is 27.8 Å². The van der Waals surface area contributed by atoms with Gasteiger partial charge in [-0.25, -0.2) is 0 Å². The summed E-state index contributed by atoms with van der Waals surface area (Å²) < 4.78 is 7.48. The lowest BCUT2D eigenvalue weighted by molar-refractivity contribution is -0.131. The lowest BCUT2D eigenvalue weighted by Gasteiger charge is -2.15. The molecule has 0 fully saturated rings. The van der Waals surface area contributed by atoms with Crippen LogP contribution in [0, 0.1) is 4.77 Å². The summed E-state index contributed by atoms with van der Waals surface area (Å²) in [5.41, 5.74) is 0.808. The Morgan fingerprint density at radius 3 is 2.75 bits per heavy atom. The SMILES string of the molecule is CO[C@@H](C(=O)NCc1n[nH]c(=S)n1C)c1ccccc1. The third kappa shape index (κ3) is 3.12. The van der Waals surface area contributed by atoms with E-state index in [0.717, 1.165) is 5.56 Å². The predicted molar refractivity (Wildman–Crippen MR) is 76.4 cm³/mol. The molecule has 0 spiro atoms. The molecule has 1 aromatic heterocycles. The number of amides is 1. The van der Waals surface area contributed by atoms with Crippen LogP contribution < -0.4 is 5.32 Å². The molecular weight excluding hydrogens is 276 g/mol. The first-order chi connectivity index (χ1) is 9.63. The van der Waals surface area contributed by atoms with Crippen molar-refractivity contribution < 1.29 is 9.53 Å². The van der Waals surface area contributed by atoms with Crippen LogP contribution >= 0.6 is 12.2 Å². The molecule has 2 rings (SSSR count). The summed E-state index contributed by atoms with van der Waals surface area (Å²) in [6.45, 7) is 0.287. The van der Waals surface area contributed by atoms with Gasteiger partial charge in [0.1, 0.15) is 0 Å². The van der Waals surface area contributed by atoms with Crippen LogP contribution in [-0.2, 0) is 23.1 Å². The Morgan fingerprint density at radius 2 is 2.20 bits per heavy atom. The van der Waals surface area contributed by atoms with Crippen LogP contribution in [0.5, 0.6) is 0 Å². The number of benzene rings is 1. The third-order valence-corrected chi connectivity index (χ3v) is 3.33. The zero-order valence-electron chi connectivity index (χ0n) is 11.3. The van der Waals surface area contributed by atoms with E-state index in [9.17, 15) is 4.79 Å². The highest BCUT2D eigenvalue weighted by Gasteiger charge is 2.19. The standard InChI is InChI=1S/C13H16N4O2S/c1-17-10(15-16-13(17)20)8-14-12(18)11(19-2)9-6-4-3-5-7-9/h3-7,11H,8H2,1-2H3,(H,14,18)(H,16,20)/t11-/m1/s1. The molecule has 0 saturated carbocycles. The zero-order chi connectivity index (χ0) is 14.5. The fourth-order valence-electron chi connectivity index (χ4n) is 1.82. The molecule has 0 aliphatic heterocycles. The van der Waals surface area contributed by atoms with Crippen molar-refractivity contribution in [1.82, 2.24) is 20.1 Å². The van der Waals surface area contributed by atoms with E-state index in [1.165, 1.54) is 7.11 Å². The Hall–Kier alpha value is -1.99.